The number of benzene rings is 1. The van der Waals surface area contributed by atoms with Crippen LogP contribution in [0, 0.1) is 5.82 Å². The number of nitrogens with zero attached hydrogens (tertiary/aromatic N) is 1. The van der Waals surface area contributed by atoms with E-state index in [0.717, 1.165) is 5.56 Å². The Bertz CT molecular complexity index is 393. The Morgan fingerprint density at radius 3 is 2.76 bits per heavy atom. The van der Waals surface area contributed by atoms with Crippen molar-refractivity contribution in [2.24, 2.45) is 5.73 Å². The van der Waals surface area contributed by atoms with Crippen LogP contribution in [0.15, 0.2) is 18.2 Å². The molecule has 0 spiro atoms. The van der Waals surface area contributed by atoms with Gasteiger partial charge >= 0.3 is 0 Å². The highest BCUT2D eigenvalue weighted by molar-refractivity contribution is 5.77. The molecule has 4 nitrogen and oxygen atoms in total. The van der Waals surface area contributed by atoms with Crippen LogP contribution in [0.5, 0.6) is 0 Å². The van der Waals surface area contributed by atoms with Gasteiger partial charge in [0.05, 0.1) is 6.54 Å². The fraction of sp³-hybridized carbons (Fsp3) is 0.417. The zero-order chi connectivity index (χ0) is 12.8. The summed E-state index contributed by atoms with van der Waals surface area (Å²) in [5, 5.41) is 2.65. The minimum Gasteiger partial charge on any atom is -0.351 e. The Balaban J connectivity index is 2.71. The van der Waals surface area contributed by atoms with E-state index >= 15 is 0 Å². The number of halogens is 1. The first-order valence-corrected chi connectivity index (χ1v) is 5.41. The molecule has 5 heteroatoms. The third-order valence-electron chi connectivity index (χ3n) is 2.27. The van der Waals surface area contributed by atoms with Crippen LogP contribution in [0.1, 0.15) is 11.1 Å². The average Bonchev–Trinajstić information content (AvgIpc) is 2.29. The van der Waals surface area contributed by atoms with E-state index in [1.165, 1.54) is 6.07 Å². The summed E-state index contributed by atoms with van der Waals surface area (Å²) in [7, 11) is 3.75. The molecular formula is C12H18FN3O. The summed E-state index contributed by atoms with van der Waals surface area (Å²) in [6, 6.07) is 4.83. The molecule has 94 valence electrons. The fourth-order valence-corrected chi connectivity index (χ4v) is 1.47. The van der Waals surface area contributed by atoms with Gasteiger partial charge in [0, 0.05) is 18.7 Å². The predicted molar refractivity (Wildman–Crippen MR) is 64.7 cm³/mol. The van der Waals surface area contributed by atoms with Crippen LogP contribution in [0.3, 0.4) is 0 Å². The van der Waals surface area contributed by atoms with Crippen molar-refractivity contribution in [2.75, 3.05) is 20.6 Å². The maximum atomic E-state index is 13.5. The van der Waals surface area contributed by atoms with Gasteiger partial charge in [-0.25, -0.2) is 4.39 Å². The van der Waals surface area contributed by atoms with Crippen LogP contribution in [-0.4, -0.2) is 31.4 Å². The van der Waals surface area contributed by atoms with E-state index in [2.05, 4.69) is 5.32 Å². The van der Waals surface area contributed by atoms with Gasteiger partial charge < -0.3 is 16.0 Å². The lowest BCUT2D eigenvalue weighted by Gasteiger charge is -2.12. The van der Waals surface area contributed by atoms with Crippen molar-refractivity contribution in [2.45, 2.75) is 13.1 Å². The van der Waals surface area contributed by atoms with E-state index in [9.17, 15) is 9.18 Å². The van der Waals surface area contributed by atoms with Gasteiger partial charge in [0.1, 0.15) is 5.82 Å². The fourth-order valence-electron chi connectivity index (χ4n) is 1.47. The molecule has 17 heavy (non-hydrogen) atoms. The molecule has 0 fully saturated rings. The second-order valence-corrected chi connectivity index (χ2v) is 4.14. The van der Waals surface area contributed by atoms with Crippen LogP contribution in [-0.2, 0) is 17.9 Å². The highest BCUT2D eigenvalue weighted by Crippen LogP contribution is 2.12. The van der Waals surface area contributed by atoms with Crippen molar-refractivity contribution in [1.29, 1.82) is 0 Å². The molecular weight excluding hydrogens is 221 g/mol. The predicted octanol–water partition coefficient (Wildman–Crippen LogP) is 0.462. The van der Waals surface area contributed by atoms with Crippen LogP contribution < -0.4 is 11.1 Å². The lowest BCUT2D eigenvalue weighted by molar-refractivity contribution is -0.119. The van der Waals surface area contributed by atoms with Crippen molar-refractivity contribution in [3.05, 3.63) is 35.1 Å². The topological polar surface area (TPSA) is 58.4 Å². The van der Waals surface area contributed by atoms with Gasteiger partial charge in [-0.05, 0) is 31.8 Å². The Kier molecular flexibility index (Phi) is 5.06. The largest absolute Gasteiger partial charge is 0.351 e. The van der Waals surface area contributed by atoms with Crippen LogP contribution in [0.25, 0.3) is 0 Å². The van der Waals surface area contributed by atoms with E-state index in [1.807, 2.05) is 19.0 Å². The molecule has 0 aliphatic heterocycles. The number of nitrogens with two attached hydrogens (primary N) is 1. The Morgan fingerprint density at radius 2 is 2.18 bits per heavy atom. The molecule has 0 aliphatic carbocycles. The Hall–Kier alpha value is -1.46. The van der Waals surface area contributed by atoms with E-state index in [0.29, 0.717) is 18.7 Å². The Labute approximate surface area is 101 Å². The van der Waals surface area contributed by atoms with Gasteiger partial charge in [0.25, 0.3) is 0 Å². The zero-order valence-electron chi connectivity index (χ0n) is 10.2. The van der Waals surface area contributed by atoms with Crippen molar-refractivity contribution >= 4 is 5.91 Å². The quantitative estimate of drug-likeness (QED) is 0.785. The van der Waals surface area contributed by atoms with Gasteiger partial charge in [0.15, 0.2) is 0 Å². The number of nitrogens with one attached hydrogen (secondary N) is 1. The first-order valence-electron chi connectivity index (χ1n) is 5.41. The second kappa shape index (κ2) is 6.32. The smallest absolute Gasteiger partial charge is 0.234 e. The maximum Gasteiger partial charge on any atom is 0.234 e. The maximum absolute atomic E-state index is 13.5. The summed E-state index contributed by atoms with van der Waals surface area (Å²) in [5.74, 6) is -0.448. The third-order valence-corrected chi connectivity index (χ3v) is 2.27. The summed E-state index contributed by atoms with van der Waals surface area (Å²) >= 11 is 0. The van der Waals surface area contributed by atoms with Crippen LogP contribution in [0.2, 0.25) is 0 Å². The molecule has 3 N–H and O–H groups in total. The van der Waals surface area contributed by atoms with Crippen molar-refractivity contribution < 1.29 is 9.18 Å². The molecule has 0 radical (unpaired) electrons. The molecule has 1 rings (SSSR count). The monoisotopic (exact) mass is 239 g/mol. The summed E-state index contributed by atoms with van der Waals surface area (Å²) in [4.78, 5) is 12.9. The molecule has 0 saturated carbocycles. The standard InChI is InChI=1S/C12H18FN3O/c1-16(2)8-10-5-9(3-4-11(10)13)7-15-12(17)6-14/h3-5H,6-8,14H2,1-2H3,(H,15,17). The highest BCUT2D eigenvalue weighted by atomic mass is 19.1. The van der Waals surface area contributed by atoms with Crippen LogP contribution >= 0.6 is 0 Å². The lowest BCUT2D eigenvalue weighted by Crippen LogP contribution is -2.29. The van der Waals surface area contributed by atoms with Gasteiger partial charge in [-0.3, -0.25) is 4.79 Å². The van der Waals surface area contributed by atoms with E-state index in [-0.39, 0.29) is 18.3 Å². The molecule has 0 saturated heterocycles. The third kappa shape index (κ3) is 4.50. The molecule has 1 aromatic carbocycles. The molecule has 0 heterocycles. The van der Waals surface area contributed by atoms with Gasteiger partial charge in [-0.15, -0.1) is 0 Å². The summed E-state index contributed by atoms with van der Waals surface area (Å²) in [5.41, 5.74) is 6.66. The molecule has 1 aromatic rings. The minimum atomic E-state index is -0.229. The summed E-state index contributed by atoms with van der Waals surface area (Å²) in [6.45, 7) is 0.868. The number of carbonyl (C=O) groups is 1. The molecule has 0 atom stereocenters. The first kappa shape index (κ1) is 13.6. The van der Waals surface area contributed by atoms with Gasteiger partial charge in [-0.1, -0.05) is 6.07 Å². The second-order valence-electron chi connectivity index (χ2n) is 4.14. The van der Waals surface area contributed by atoms with Crippen molar-refractivity contribution in [1.82, 2.24) is 10.2 Å². The zero-order valence-corrected chi connectivity index (χ0v) is 10.2. The summed E-state index contributed by atoms with van der Waals surface area (Å²) in [6.07, 6.45) is 0. The molecule has 1 amide bonds. The van der Waals surface area contributed by atoms with Gasteiger partial charge in [0.2, 0.25) is 5.91 Å². The number of hydrogen-bond acceptors (Lipinski definition) is 3. The molecule has 0 aromatic heterocycles. The van der Waals surface area contributed by atoms with E-state index in [1.54, 1.807) is 12.1 Å². The number of hydrogen-bond donors (Lipinski definition) is 2. The van der Waals surface area contributed by atoms with Gasteiger partial charge in [-0.2, -0.15) is 0 Å². The van der Waals surface area contributed by atoms with Crippen LogP contribution in [0.4, 0.5) is 4.39 Å². The number of amides is 1. The minimum absolute atomic E-state index is 0.0360. The van der Waals surface area contributed by atoms with E-state index < -0.39 is 0 Å². The molecule has 0 unspecified atom stereocenters. The number of rotatable bonds is 5. The first-order chi connectivity index (χ1) is 8.02. The SMILES string of the molecule is CN(C)Cc1cc(CNC(=O)CN)ccc1F. The highest BCUT2D eigenvalue weighted by Gasteiger charge is 2.05. The van der Waals surface area contributed by atoms with Crippen molar-refractivity contribution in [3.8, 4) is 0 Å². The lowest BCUT2D eigenvalue weighted by atomic mass is 10.1. The summed E-state index contributed by atoms with van der Waals surface area (Å²) < 4.78 is 13.5. The van der Waals surface area contributed by atoms with Crippen molar-refractivity contribution in [3.63, 3.8) is 0 Å². The molecule has 0 aliphatic rings. The molecule has 0 bridgehead atoms. The number of carbonyl (C=O) groups excluding carboxylic acids is 1. The normalized spacial score (nSPS) is 10.6. The van der Waals surface area contributed by atoms with E-state index in [4.69, 9.17) is 5.73 Å². The average molecular weight is 239 g/mol. The Morgan fingerprint density at radius 1 is 1.47 bits per heavy atom.